The molecule has 2 rings (SSSR count). The standard InChI is InChI=1S/C15H21ClN2O4S/c1-22-11-8-15(19)18-9-6-13(7-10-18)17-23(20,21)14-4-2-12(16)3-5-14/h2-5,13,17H,6-11H2,1H3. The largest absolute Gasteiger partial charge is 0.384 e. The van der Waals surface area contributed by atoms with Gasteiger partial charge < -0.3 is 9.64 Å². The summed E-state index contributed by atoms with van der Waals surface area (Å²) in [5, 5.41) is 0.492. The normalized spacial score (nSPS) is 16.5. The van der Waals surface area contributed by atoms with Crippen molar-refractivity contribution in [1.82, 2.24) is 9.62 Å². The van der Waals surface area contributed by atoms with Gasteiger partial charge in [0.2, 0.25) is 15.9 Å². The molecule has 6 nitrogen and oxygen atoms in total. The lowest BCUT2D eigenvalue weighted by molar-refractivity contribution is -0.133. The fourth-order valence-corrected chi connectivity index (χ4v) is 3.93. The molecule has 23 heavy (non-hydrogen) atoms. The van der Waals surface area contributed by atoms with Crippen molar-refractivity contribution >= 4 is 27.5 Å². The lowest BCUT2D eigenvalue weighted by Crippen LogP contribution is -2.46. The molecule has 1 N–H and O–H groups in total. The average molecular weight is 361 g/mol. The summed E-state index contributed by atoms with van der Waals surface area (Å²) in [7, 11) is -2.00. The highest BCUT2D eigenvalue weighted by Crippen LogP contribution is 2.17. The van der Waals surface area contributed by atoms with Crippen molar-refractivity contribution < 1.29 is 17.9 Å². The Bertz CT molecular complexity index is 625. The number of sulfonamides is 1. The van der Waals surface area contributed by atoms with E-state index in [1.165, 1.54) is 12.1 Å². The van der Waals surface area contributed by atoms with Gasteiger partial charge in [-0.2, -0.15) is 0 Å². The Morgan fingerprint density at radius 2 is 1.91 bits per heavy atom. The number of likely N-dealkylation sites (tertiary alicyclic amines) is 1. The van der Waals surface area contributed by atoms with Gasteiger partial charge in [0.05, 0.1) is 17.9 Å². The van der Waals surface area contributed by atoms with Crippen molar-refractivity contribution in [1.29, 1.82) is 0 Å². The van der Waals surface area contributed by atoms with E-state index in [0.717, 1.165) is 0 Å². The van der Waals surface area contributed by atoms with Crippen LogP contribution in [0.5, 0.6) is 0 Å². The number of nitrogens with zero attached hydrogens (tertiary/aromatic N) is 1. The molecule has 8 heteroatoms. The molecule has 0 spiro atoms. The summed E-state index contributed by atoms with van der Waals surface area (Å²) in [6.45, 7) is 1.51. The summed E-state index contributed by atoms with van der Waals surface area (Å²) in [6.07, 6.45) is 1.56. The molecule has 1 heterocycles. The molecule has 1 saturated heterocycles. The first-order valence-corrected chi connectivity index (χ1v) is 9.33. The lowest BCUT2D eigenvalue weighted by Gasteiger charge is -2.32. The fraction of sp³-hybridized carbons (Fsp3) is 0.533. The maximum Gasteiger partial charge on any atom is 0.240 e. The van der Waals surface area contributed by atoms with Crippen LogP contribution in [-0.2, 0) is 19.6 Å². The number of rotatable bonds is 6. The number of hydrogen-bond donors (Lipinski definition) is 1. The van der Waals surface area contributed by atoms with E-state index in [0.29, 0.717) is 44.0 Å². The number of carbonyl (C=O) groups is 1. The van der Waals surface area contributed by atoms with Gasteiger partial charge in [0.25, 0.3) is 0 Å². The summed E-state index contributed by atoms with van der Waals surface area (Å²) in [5.41, 5.74) is 0. The van der Waals surface area contributed by atoms with Crippen molar-refractivity contribution in [3.05, 3.63) is 29.3 Å². The van der Waals surface area contributed by atoms with E-state index in [-0.39, 0.29) is 16.8 Å². The van der Waals surface area contributed by atoms with Crippen LogP contribution in [0, 0.1) is 0 Å². The van der Waals surface area contributed by atoms with Gasteiger partial charge in [-0.05, 0) is 37.1 Å². The lowest BCUT2D eigenvalue weighted by atomic mass is 10.1. The minimum Gasteiger partial charge on any atom is -0.384 e. The van der Waals surface area contributed by atoms with Crippen LogP contribution in [-0.4, -0.2) is 52.1 Å². The summed E-state index contributed by atoms with van der Waals surface area (Å²) in [6, 6.07) is 5.89. The number of nitrogens with one attached hydrogen (secondary N) is 1. The van der Waals surface area contributed by atoms with E-state index in [1.54, 1.807) is 24.1 Å². The second kappa shape index (κ2) is 8.10. The van der Waals surface area contributed by atoms with Crippen LogP contribution in [0.15, 0.2) is 29.2 Å². The number of halogens is 1. The van der Waals surface area contributed by atoms with Crippen LogP contribution in [0.25, 0.3) is 0 Å². The highest BCUT2D eigenvalue weighted by atomic mass is 35.5. The first-order chi connectivity index (χ1) is 10.9. The van der Waals surface area contributed by atoms with Crippen LogP contribution < -0.4 is 4.72 Å². The van der Waals surface area contributed by atoms with E-state index in [1.807, 2.05) is 0 Å². The first-order valence-electron chi connectivity index (χ1n) is 7.47. The van der Waals surface area contributed by atoms with E-state index >= 15 is 0 Å². The van der Waals surface area contributed by atoms with Crippen LogP contribution in [0.2, 0.25) is 5.02 Å². The second-order valence-corrected chi connectivity index (χ2v) is 7.62. The van der Waals surface area contributed by atoms with Crippen molar-refractivity contribution in [2.75, 3.05) is 26.8 Å². The highest BCUT2D eigenvalue weighted by molar-refractivity contribution is 7.89. The van der Waals surface area contributed by atoms with E-state index in [2.05, 4.69) is 4.72 Å². The predicted octanol–water partition coefficient (Wildman–Crippen LogP) is 1.65. The Kier molecular flexibility index (Phi) is 6.41. The molecule has 1 aliphatic heterocycles. The summed E-state index contributed by atoms with van der Waals surface area (Å²) in [5.74, 6) is 0.0471. The maximum absolute atomic E-state index is 12.3. The maximum atomic E-state index is 12.3. The van der Waals surface area contributed by atoms with Gasteiger partial charge in [-0.15, -0.1) is 0 Å². The number of benzene rings is 1. The molecule has 0 aromatic heterocycles. The third-order valence-electron chi connectivity index (χ3n) is 3.81. The van der Waals surface area contributed by atoms with Crippen molar-refractivity contribution in [2.45, 2.75) is 30.2 Å². The zero-order valence-electron chi connectivity index (χ0n) is 13.0. The topological polar surface area (TPSA) is 75.7 Å². The molecular formula is C15H21ClN2O4S. The molecule has 0 atom stereocenters. The van der Waals surface area contributed by atoms with Crippen molar-refractivity contribution in [3.8, 4) is 0 Å². The number of methoxy groups -OCH3 is 1. The number of carbonyl (C=O) groups excluding carboxylic acids is 1. The predicted molar refractivity (Wildman–Crippen MR) is 87.9 cm³/mol. The molecule has 0 saturated carbocycles. The van der Waals surface area contributed by atoms with Gasteiger partial charge in [0, 0.05) is 31.3 Å². The summed E-state index contributed by atoms with van der Waals surface area (Å²) < 4.78 is 32.2. The van der Waals surface area contributed by atoms with Crippen molar-refractivity contribution in [2.24, 2.45) is 0 Å². The van der Waals surface area contributed by atoms with Gasteiger partial charge in [0.15, 0.2) is 0 Å². The third kappa shape index (κ3) is 5.17. The average Bonchev–Trinajstić information content (AvgIpc) is 2.53. The minimum atomic E-state index is -3.56. The van der Waals surface area contributed by atoms with Gasteiger partial charge in [-0.1, -0.05) is 11.6 Å². The SMILES string of the molecule is COCCC(=O)N1CCC(NS(=O)(=O)c2ccc(Cl)cc2)CC1. The number of amides is 1. The molecule has 0 aliphatic carbocycles. The van der Waals surface area contributed by atoms with Gasteiger partial charge in [-0.25, -0.2) is 13.1 Å². The molecule has 128 valence electrons. The Balaban J connectivity index is 1.88. The van der Waals surface area contributed by atoms with Crippen LogP contribution >= 0.6 is 11.6 Å². The molecule has 0 radical (unpaired) electrons. The van der Waals surface area contributed by atoms with E-state index in [9.17, 15) is 13.2 Å². The molecule has 1 aliphatic rings. The number of hydrogen-bond acceptors (Lipinski definition) is 4. The molecule has 1 aromatic carbocycles. The Morgan fingerprint density at radius 1 is 1.30 bits per heavy atom. The smallest absolute Gasteiger partial charge is 0.240 e. The van der Waals surface area contributed by atoms with Crippen LogP contribution in [0.3, 0.4) is 0 Å². The number of ether oxygens (including phenoxy) is 1. The van der Waals surface area contributed by atoms with Gasteiger partial charge in [-0.3, -0.25) is 4.79 Å². The quantitative estimate of drug-likeness (QED) is 0.836. The van der Waals surface area contributed by atoms with Crippen molar-refractivity contribution in [3.63, 3.8) is 0 Å². The Morgan fingerprint density at radius 3 is 2.48 bits per heavy atom. The van der Waals surface area contributed by atoms with E-state index < -0.39 is 10.0 Å². The van der Waals surface area contributed by atoms with Gasteiger partial charge >= 0.3 is 0 Å². The molecule has 1 fully saturated rings. The molecule has 0 bridgehead atoms. The fourth-order valence-electron chi connectivity index (χ4n) is 2.50. The molecular weight excluding hydrogens is 340 g/mol. The van der Waals surface area contributed by atoms with E-state index in [4.69, 9.17) is 16.3 Å². The summed E-state index contributed by atoms with van der Waals surface area (Å²) in [4.78, 5) is 13.8. The Hall–Kier alpha value is -1.15. The van der Waals surface area contributed by atoms with Crippen LogP contribution in [0.4, 0.5) is 0 Å². The monoisotopic (exact) mass is 360 g/mol. The zero-order chi connectivity index (χ0) is 16.9. The summed E-state index contributed by atoms with van der Waals surface area (Å²) >= 11 is 5.77. The van der Waals surface area contributed by atoms with Crippen LogP contribution in [0.1, 0.15) is 19.3 Å². The molecule has 1 aromatic rings. The number of piperidine rings is 1. The van der Waals surface area contributed by atoms with Gasteiger partial charge in [0.1, 0.15) is 0 Å². The second-order valence-electron chi connectivity index (χ2n) is 5.47. The third-order valence-corrected chi connectivity index (χ3v) is 5.60. The Labute approximate surface area is 141 Å². The zero-order valence-corrected chi connectivity index (χ0v) is 14.6. The molecule has 1 amide bonds. The minimum absolute atomic E-state index is 0.0471. The first kappa shape index (κ1) is 18.2. The highest BCUT2D eigenvalue weighted by Gasteiger charge is 2.26. The molecule has 0 unspecified atom stereocenters.